The lowest BCUT2D eigenvalue weighted by molar-refractivity contribution is -0.123. The quantitative estimate of drug-likeness (QED) is 0.836. The summed E-state index contributed by atoms with van der Waals surface area (Å²) in [6.07, 6.45) is 8.13. The van der Waals surface area contributed by atoms with Gasteiger partial charge in [0.2, 0.25) is 0 Å². The van der Waals surface area contributed by atoms with Gasteiger partial charge in [-0.1, -0.05) is 36.4 Å². The molecule has 2 nitrogen and oxygen atoms in total. The number of carbonyl (C=O) groups is 1. The van der Waals surface area contributed by atoms with Crippen LogP contribution >= 0.6 is 0 Å². The molecule has 0 spiro atoms. The van der Waals surface area contributed by atoms with Gasteiger partial charge in [-0.25, -0.2) is 0 Å². The van der Waals surface area contributed by atoms with Crippen LogP contribution in [-0.2, 0) is 17.6 Å². The molecule has 1 N–H and O–H groups in total. The minimum atomic E-state index is 0.270. The summed E-state index contributed by atoms with van der Waals surface area (Å²) in [4.78, 5) is 12.2. The number of hydrogen-bond donors (Lipinski definition) is 1. The molecule has 1 saturated carbocycles. The molecular formula is C23H26O2. The van der Waals surface area contributed by atoms with E-state index in [9.17, 15) is 9.90 Å². The second-order valence-electron chi connectivity index (χ2n) is 7.88. The molecule has 2 heteroatoms. The fourth-order valence-corrected chi connectivity index (χ4v) is 5.09. The number of benzene rings is 2. The van der Waals surface area contributed by atoms with Crippen LogP contribution < -0.4 is 0 Å². The Morgan fingerprint density at radius 2 is 1.84 bits per heavy atom. The van der Waals surface area contributed by atoms with Gasteiger partial charge in [-0.15, -0.1) is 0 Å². The van der Waals surface area contributed by atoms with Crippen molar-refractivity contribution in [1.29, 1.82) is 0 Å². The van der Waals surface area contributed by atoms with Crippen LogP contribution in [-0.4, -0.2) is 10.9 Å². The smallest absolute Gasteiger partial charge is 0.133 e. The number of fused-ring (bicyclic) bond motifs is 3. The van der Waals surface area contributed by atoms with Crippen molar-refractivity contribution in [3.63, 3.8) is 0 Å². The van der Waals surface area contributed by atoms with Crippen molar-refractivity contribution in [2.45, 2.75) is 57.3 Å². The van der Waals surface area contributed by atoms with E-state index >= 15 is 0 Å². The number of rotatable bonds is 4. The Kier molecular flexibility index (Phi) is 4.37. The molecule has 0 saturated heterocycles. The molecule has 0 amide bonds. The van der Waals surface area contributed by atoms with Crippen LogP contribution in [0.5, 0.6) is 5.75 Å². The van der Waals surface area contributed by atoms with E-state index in [4.69, 9.17) is 0 Å². The molecule has 2 unspecified atom stereocenters. The molecule has 130 valence electrons. The summed E-state index contributed by atoms with van der Waals surface area (Å²) in [5, 5.41) is 9.80. The van der Waals surface area contributed by atoms with E-state index in [-0.39, 0.29) is 5.41 Å². The number of ketones is 1. The Morgan fingerprint density at radius 1 is 1.04 bits per heavy atom. The second kappa shape index (κ2) is 6.67. The molecule has 0 heterocycles. The normalized spacial score (nSPS) is 25.3. The first-order valence-corrected chi connectivity index (χ1v) is 9.54. The predicted octanol–water partition coefficient (Wildman–Crippen LogP) is 5.18. The number of aryl methyl sites for hydroxylation is 2. The Balaban J connectivity index is 1.55. The van der Waals surface area contributed by atoms with Gasteiger partial charge in [-0.05, 0) is 78.7 Å². The highest BCUT2D eigenvalue weighted by Gasteiger charge is 2.46. The van der Waals surface area contributed by atoms with Crippen molar-refractivity contribution < 1.29 is 9.90 Å². The molecule has 0 aromatic heterocycles. The highest BCUT2D eigenvalue weighted by atomic mass is 16.3. The molecule has 25 heavy (non-hydrogen) atoms. The lowest BCUT2D eigenvalue weighted by atomic mass is 9.56. The van der Waals surface area contributed by atoms with E-state index in [2.05, 4.69) is 36.4 Å². The molecule has 4 rings (SSSR count). The topological polar surface area (TPSA) is 37.3 Å². The van der Waals surface area contributed by atoms with Crippen molar-refractivity contribution in [3.05, 3.63) is 65.2 Å². The minimum absolute atomic E-state index is 0.270. The van der Waals surface area contributed by atoms with Gasteiger partial charge in [0.1, 0.15) is 11.5 Å². The third kappa shape index (κ3) is 3.22. The minimum Gasteiger partial charge on any atom is -0.508 e. The van der Waals surface area contributed by atoms with Crippen LogP contribution in [0.1, 0.15) is 61.1 Å². The predicted molar refractivity (Wildman–Crippen MR) is 99.8 cm³/mol. The molecule has 2 atom stereocenters. The highest BCUT2D eigenvalue weighted by Crippen LogP contribution is 2.56. The Hall–Kier alpha value is -2.09. The fraction of sp³-hybridized carbons (Fsp3) is 0.435. The van der Waals surface area contributed by atoms with Crippen LogP contribution in [0.2, 0.25) is 0 Å². The number of carbonyl (C=O) groups excluding carboxylic acids is 1. The molecular weight excluding hydrogens is 308 g/mol. The molecule has 0 radical (unpaired) electrons. The summed E-state index contributed by atoms with van der Waals surface area (Å²) in [7, 11) is 0. The number of hydrogen-bond acceptors (Lipinski definition) is 2. The highest BCUT2D eigenvalue weighted by molar-refractivity contribution is 5.80. The maximum atomic E-state index is 12.2. The van der Waals surface area contributed by atoms with Gasteiger partial charge in [0, 0.05) is 12.8 Å². The van der Waals surface area contributed by atoms with E-state index in [1.807, 2.05) is 6.07 Å². The van der Waals surface area contributed by atoms with Gasteiger partial charge in [0.15, 0.2) is 0 Å². The third-order valence-corrected chi connectivity index (χ3v) is 6.45. The zero-order chi connectivity index (χ0) is 17.3. The molecule has 1 fully saturated rings. The Bertz CT molecular complexity index is 765. The van der Waals surface area contributed by atoms with Crippen molar-refractivity contribution in [2.24, 2.45) is 5.41 Å². The number of Topliss-reactive ketones (excluding diaryl/α,β-unsaturated/α-hetero) is 1. The van der Waals surface area contributed by atoms with Gasteiger partial charge >= 0.3 is 0 Å². The molecule has 2 aromatic rings. The van der Waals surface area contributed by atoms with Crippen molar-refractivity contribution in [1.82, 2.24) is 0 Å². The number of phenolic OH excluding ortho intramolecular Hbond substituents is 1. The first-order valence-electron chi connectivity index (χ1n) is 9.54. The third-order valence-electron chi connectivity index (χ3n) is 6.45. The van der Waals surface area contributed by atoms with E-state index in [1.54, 1.807) is 6.07 Å². The summed E-state index contributed by atoms with van der Waals surface area (Å²) in [6, 6.07) is 16.5. The van der Waals surface area contributed by atoms with Crippen molar-refractivity contribution in [3.8, 4) is 5.75 Å². The average molecular weight is 334 g/mol. The first-order chi connectivity index (χ1) is 12.2. The zero-order valence-corrected chi connectivity index (χ0v) is 14.7. The summed E-state index contributed by atoms with van der Waals surface area (Å²) in [5.74, 6) is 1.09. The summed E-state index contributed by atoms with van der Waals surface area (Å²) in [5.41, 5.74) is 4.24. The number of phenols is 1. The molecule has 2 aliphatic carbocycles. The number of aromatic hydroxyl groups is 1. The zero-order valence-electron chi connectivity index (χ0n) is 14.7. The Morgan fingerprint density at radius 3 is 2.68 bits per heavy atom. The van der Waals surface area contributed by atoms with Gasteiger partial charge < -0.3 is 5.11 Å². The SMILES string of the molecule is O=C1CCC2(CCCc3ccccc3)CCc3cc(O)ccc3C2C1. The lowest BCUT2D eigenvalue weighted by Gasteiger charge is -2.48. The molecule has 0 bridgehead atoms. The van der Waals surface area contributed by atoms with Crippen LogP contribution in [0.4, 0.5) is 0 Å². The standard InChI is InChI=1S/C23H26O2/c24-19-8-9-21-18(15-19)10-13-23(14-11-20(25)16-22(21)23)12-4-7-17-5-2-1-3-6-17/h1-3,5-6,8-9,15,22,24H,4,7,10-14,16H2. The second-order valence-corrected chi connectivity index (χ2v) is 7.88. The monoisotopic (exact) mass is 334 g/mol. The van der Waals surface area contributed by atoms with Gasteiger partial charge in [-0.2, -0.15) is 0 Å². The maximum Gasteiger partial charge on any atom is 0.133 e. The van der Waals surface area contributed by atoms with E-state index < -0.39 is 0 Å². The van der Waals surface area contributed by atoms with Crippen LogP contribution in [0.25, 0.3) is 0 Å². The molecule has 2 aliphatic rings. The lowest BCUT2D eigenvalue weighted by Crippen LogP contribution is -2.39. The van der Waals surface area contributed by atoms with E-state index in [0.717, 1.165) is 32.1 Å². The van der Waals surface area contributed by atoms with Crippen molar-refractivity contribution in [2.75, 3.05) is 0 Å². The van der Waals surface area contributed by atoms with E-state index in [0.29, 0.717) is 23.9 Å². The summed E-state index contributed by atoms with van der Waals surface area (Å²) >= 11 is 0. The maximum absolute atomic E-state index is 12.2. The molecule has 2 aromatic carbocycles. The van der Waals surface area contributed by atoms with Gasteiger partial charge in [0.05, 0.1) is 0 Å². The fourth-order valence-electron chi connectivity index (χ4n) is 5.09. The average Bonchev–Trinajstić information content (AvgIpc) is 2.63. The van der Waals surface area contributed by atoms with Gasteiger partial charge in [-0.3, -0.25) is 4.79 Å². The van der Waals surface area contributed by atoms with Crippen molar-refractivity contribution >= 4 is 5.78 Å². The molecule has 0 aliphatic heterocycles. The Labute approximate surface area is 149 Å². The summed E-state index contributed by atoms with van der Waals surface area (Å²) < 4.78 is 0. The van der Waals surface area contributed by atoms with Crippen LogP contribution in [0.15, 0.2) is 48.5 Å². The largest absolute Gasteiger partial charge is 0.508 e. The van der Waals surface area contributed by atoms with Crippen LogP contribution in [0, 0.1) is 5.41 Å². The first kappa shape index (κ1) is 16.4. The summed E-state index contributed by atoms with van der Waals surface area (Å²) in [6.45, 7) is 0. The van der Waals surface area contributed by atoms with Crippen LogP contribution in [0.3, 0.4) is 0 Å². The van der Waals surface area contributed by atoms with E-state index in [1.165, 1.54) is 29.5 Å². The van der Waals surface area contributed by atoms with Gasteiger partial charge in [0.25, 0.3) is 0 Å².